The van der Waals surface area contributed by atoms with Crippen LogP contribution in [0, 0.1) is 0 Å². The van der Waals surface area contributed by atoms with Gasteiger partial charge in [0.05, 0.1) is 12.1 Å². The van der Waals surface area contributed by atoms with E-state index in [0.29, 0.717) is 0 Å². The van der Waals surface area contributed by atoms with Gasteiger partial charge in [0.1, 0.15) is 24.3 Å². The number of carboxylic acid groups (broad SMARTS) is 1. The Morgan fingerprint density at radius 1 is 1.08 bits per heavy atom. The number of carboxylic acids is 1. The number of hydrogen-bond acceptors (Lipinski definition) is 6. The summed E-state index contributed by atoms with van der Waals surface area (Å²) in [5.41, 5.74) is 0.960. The molecule has 0 radical (unpaired) electrons. The first kappa shape index (κ1) is 26.9. The lowest BCUT2D eigenvalue weighted by Crippen LogP contribution is -2.73. The molecule has 4 atom stereocenters. The van der Waals surface area contributed by atoms with Crippen LogP contribution in [0.4, 0.5) is 4.79 Å². The number of nitrogens with zero attached hydrogens (tertiary/aromatic N) is 2. The molecule has 9 nitrogen and oxygen atoms in total. The molecule has 1 N–H and O–H groups in total. The molecular formula is C29H32N2O7. The number of rotatable bonds is 9. The van der Waals surface area contributed by atoms with Crippen molar-refractivity contribution in [2.45, 2.75) is 63.4 Å². The zero-order valence-corrected chi connectivity index (χ0v) is 21.7. The Morgan fingerprint density at radius 3 is 2.32 bits per heavy atom. The standard InChI is InChI=1S/C29H32N2O7/c1-29(2,3)38-24(32)17-16-22(27(34)35)30-21(15-14-19-10-6-4-7-11-19)25(26(30)33)31-23(18-37-28(31)36)20-12-8-5-9-13-20/h4-15,21-23,25H,16-18H2,1-3H3,(H,34,35)/t21-,22+,23-,25+/m1/s1. The first-order chi connectivity index (χ1) is 18.1. The lowest BCUT2D eigenvalue weighted by Gasteiger charge is -2.51. The number of hydrogen-bond donors (Lipinski definition) is 1. The van der Waals surface area contributed by atoms with Crippen molar-refractivity contribution in [1.82, 2.24) is 9.80 Å². The van der Waals surface area contributed by atoms with Crippen LogP contribution in [0.5, 0.6) is 0 Å². The molecule has 2 aromatic rings. The first-order valence-corrected chi connectivity index (χ1v) is 12.6. The quantitative estimate of drug-likeness (QED) is 0.392. The molecule has 2 aliphatic heterocycles. The second-order valence-corrected chi connectivity index (χ2v) is 10.3. The molecule has 2 fully saturated rings. The van der Waals surface area contributed by atoms with E-state index in [2.05, 4.69) is 0 Å². The molecule has 0 unspecified atom stereocenters. The molecule has 200 valence electrons. The van der Waals surface area contributed by atoms with Crippen molar-refractivity contribution >= 4 is 30.0 Å². The van der Waals surface area contributed by atoms with E-state index < -0.39 is 53.7 Å². The fourth-order valence-electron chi connectivity index (χ4n) is 4.83. The summed E-state index contributed by atoms with van der Waals surface area (Å²) < 4.78 is 10.7. The monoisotopic (exact) mass is 520 g/mol. The molecular weight excluding hydrogens is 488 g/mol. The molecule has 2 heterocycles. The Morgan fingerprint density at radius 2 is 1.71 bits per heavy atom. The number of carbonyl (C=O) groups excluding carboxylic acids is 3. The summed E-state index contributed by atoms with van der Waals surface area (Å²) in [7, 11) is 0. The summed E-state index contributed by atoms with van der Waals surface area (Å²) in [6.45, 7) is 5.27. The number of likely N-dealkylation sites (tertiary alicyclic amines) is 1. The molecule has 4 rings (SSSR count). The third-order valence-corrected chi connectivity index (χ3v) is 6.50. The number of cyclic esters (lactones) is 1. The summed E-state index contributed by atoms with van der Waals surface area (Å²) in [6.07, 6.45) is 2.61. The minimum absolute atomic E-state index is 0.0861. The zero-order valence-electron chi connectivity index (χ0n) is 21.7. The minimum atomic E-state index is -1.27. The van der Waals surface area contributed by atoms with Crippen molar-refractivity contribution in [1.29, 1.82) is 0 Å². The van der Waals surface area contributed by atoms with Gasteiger partial charge in [-0.25, -0.2) is 9.59 Å². The number of β-lactam (4-membered cyclic amide) rings is 1. The van der Waals surface area contributed by atoms with Gasteiger partial charge in [-0.05, 0) is 38.3 Å². The maximum atomic E-state index is 13.6. The van der Waals surface area contributed by atoms with Crippen molar-refractivity contribution in [3.05, 3.63) is 77.9 Å². The number of esters is 1. The van der Waals surface area contributed by atoms with E-state index in [1.807, 2.05) is 60.7 Å². The van der Waals surface area contributed by atoms with Crippen LogP contribution in [0.2, 0.25) is 0 Å². The Balaban J connectivity index is 1.63. The van der Waals surface area contributed by atoms with Gasteiger partial charge in [-0.2, -0.15) is 0 Å². The Bertz CT molecular complexity index is 1210. The molecule has 0 spiro atoms. The van der Waals surface area contributed by atoms with E-state index in [0.717, 1.165) is 11.1 Å². The van der Waals surface area contributed by atoms with Crippen molar-refractivity contribution in [3.8, 4) is 0 Å². The highest BCUT2D eigenvalue weighted by atomic mass is 16.6. The van der Waals surface area contributed by atoms with Crippen LogP contribution in [-0.4, -0.2) is 69.2 Å². The molecule has 0 bridgehead atoms. The fraction of sp³-hybridized carbons (Fsp3) is 0.379. The highest BCUT2D eigenvalue weighted by molar-refractivity contribution is 5.97. The predicted molar refractivity (Wildman–Crippen MR) is 139 cm³/mol. The zero-order chi connectivity index (χ0) is 27.4. The van der Waals surface area contributed by atoms with Crippen LogP contribution >= 0.6 is 0 Å². The van der Waals surface area contributed by atoms with Crippen LogP contribution in [0.1, 0.15) is 50.8 Å². The van der Waals surface area contributed by atoms with Gasteiger partial charge in [-0.15, -0.1) is 0 Å². The molecule has 2 saturated heterocycles. The Hall–Kier alpha value is -4.14. The first-order valence-electron chi connectivity index (χ1n) is 12.6. The Kier molecular flexibility index (Phi) is 7.85. The van der Waals surface area contributed by atoms with Crippen LogP contribution in [0.25, 0.3) is 6.08 Å². The summed E-state index contributed by atoms with van der Waals surface area (Å²) >= 11 is 0. The normalized spacial score (nSPS) is 22.2. The molecule has 2 aliphatic rings. The van der Waals surface area contributed by atoms with Gasteiger partial charge >= 0.3 is 18.0 Å². The fourth-order valence-corrected chi connectivity index (χ4v) is 4.83. The molecule has 9 heteroatoms. The van der Waals surface area contributed by atoms with E-state index in [-0.39, 0.29) is 19.4 Å². The molecule has 2 amide bonds. The number of aliphatic carboxylic acids is 1. The predicted octanol–water partition coefficient (Wildman–Crippen LogP) is 4.05. The third-order valence-electron chi connectivity index (χ3n) is 6.50. The van der Waals surface area contributed by atoms with Gasteiger partial charge < -0.3 is 19.5 Å². The highest BCUT2D eigenvalue weighted by Crippen LogP contribution is 2.39. The van der Waals surface area contributed by atoms with Gasteiger partial charge in [0.2, 0.25) is 5.91 Å². The highest BCUT2D eigenvalue weighted by Gasteiger charge is 2.58. The average molecular weight is 521 g/mol. The summed E-state index contributed by atoms with van der Waals surface area (Å²) in [5.74, 6) is -2.29. The SMILES string of the molecule is CC(C)(C)OC(=O)CC[C@@H](C(=O)O)N1C(=O)[C@@H](N2C(=O)OC[C@@H]2c2ccccc2)[C@H]1C=Cc1ccccc1. The number of carbonyl (C=O) groups is 4. The lowest BCUT2D eigenvalue weighted by atomic mass is 9.87. The van der Waals surface area contributed by atoms with Crippen molar-refractivity contribution in [2.75, 3.05) is 6.61 Å². The smallest absolute Gasteiger partial charge is 0.411 e. The van der Waals surface area contributed by atoms with Gasteiger partial charge in [0.15, 0.2) is 0 Å². The van der Waals surface area contributed by atoms with Crippen LogP contribution < -0.4 is 0 Å². The average Bonchev–Trinajstić information content (AvgIpc) is 3.24. The van der Waals surface area contributed by atoms with Crippen molar-refractivity contribution in [2.24, 2.45) is 0 Å². The minimum Gasteiger partial charge on any atom is -0.480 e. The molecule has 0 aliphatic carbocycles. The van der Waals surface area contributed by atoms with Gasteiger partial charge in [-0.1, -0.05) is 72.8 Å². The van der Waals surface area contributed by atoms with Crippen molar-refractivity contribution < 1.29 is 33.8 Å². The maximum Gasteiger partial charge on any atom is 0.411 e. The maximum absolute atomic E-state index is 13.6. The van der Waals surface area contributed by atoms with Crippen molar-refractivity contribution in [3.63, 3.8) is 0 Å². The number of amides is 2. The third kappa shape index (κ3) is 5.88. The topological polar surface area (TPSA) is 113 Å². The number of ether oxygens (including phenoxy) is 2. The largest absolute Gasteiger partial charge is 0.480 e. The van der Waals surface area contributed by atoms with Crippen LogP contribution in [-0.2, 0) is 23.9 Å². The second-order valence-electron chi connectivity index (χ2n) is 10.3. The number of benzene rings is 2. The summed E-state index contributed by atoms with van der Waals surface area (Å²) in [4.78, 5) is 53.7. The second kappa shape index (κ2) is 11.1. The summed E-state index contributed by atoms with van der Waals surface area (Å²) in [6, 6.07) is 15.2. The van der Waals surface area contributed by atoms with Crippen LogP contribution in [0.15, 0.2) is 66.7 Å². The molecule has 0 aromatic heterocycles. The van der Waals surface area contributed by atoms with Gasteiger partial charge in [0.25, 0.3) is 0 Å². The van der Waals surface area contributed by atoms with E-state index in [1.165, 1.54) is 9.80 Å². The van der Waals surface area contributed by atoms with E-state index in [9.17, 15) is 24.3 Å². The van der Waals surface area contributed by atoms with Gasteiger partial charge in [-0.3, -0.25) is 14.5 Å². The molecule has 2 aromatic carbocycles. The van der Waals surface area contributed by atoms with E-state index >= 15 is 0 Å². The van der Waals surface area contributed by atoms with Gasteiger partial charge in [0, 0.05) is 6.42 Å². The molecule has 0 saturated carbocycles. The molecule has 38 heavy (non-hydrogen) atoms. The Labute approximate surface area is 221 Å². The summed E-state index contributed by atoms with van der Waals surface area (Å²) in [5, 5.41) is 10.0. The van der Waals surface area contributed by atoms with E-state index in [1.54, 1.807) is 32.9 Å². The van der Waals surface area contributed by atoms with Crippen LogP contribution in [0.3, 0.4) is 0 Å². The lowest BCUT2D eigenvalue weighted by molar-refractivity contribution is -0.169. The van der Waals surface area contributed by atoms with E-state index in [4.69, 9.17) is 9.47 Å².